The first-order valence-electron chi connectivity index (χ1n) is 7.77. The van der Waals surface area contributed by atoms with Gasteiger partial charge in [0.15, 0.2) is 0 Å². The molecule has 20 heavy (non-hydrogen) atoms. The molecule has 1 fully saturated rings. The maximum Gasteiger partial charge on any atom is 0.126 e. The van der Waals surface area contributed by atoms with E-state index in [0.717, 1.165) is 31.0 Å². The summed E-state index contributed by atoms with van der Waals surface area (Å²) in [5.74, 6) is 0.999. The summed E-state index contributed by atoms with van der Waals surface area (Å²) in [5, 5.41) is 3.36. The fourth-order valence-electron chi connectivity index (χ4n) is 2.80. The van der Waals surface area contributed by atoms with Crippen molar-refractivity contribution in [3.63, 3.8) is 0 Å². The molecule has 0 aromatic carbocycles. The molecular weight excluding hydrogens is 248 g/mol. The van der Waals surface area contributed by atoms with Gasteiger partial charge in [-0.15, -0.1) is 0 Å². The van der Waals surface area contributed by atoms with E-state index < -0.39 is 0 Å². The van der Waals surface area contributed by atoms with Crippen LogP contribution in [0.2, 0.25) is 0 Å². The molecule has 1 aromatic heterocycles. The van der Waals surface area contributed by atoms with Gasteiger partial charge in [0.2, 0.25) is 0 Å². The molecule has 2 rings (SSSR count). The molecule has 112 valence electrons. The third-order valence-electron chi connectivity index (χ3n) is 4.00. The second kappa shape index (κ2) is 7.60. The molecule has 1 aromatic rings. The van der Waals surface area contributed by atoms with Crippen LogP contribution in [0.5, 0.6) is 0 Å². The number of piperidine rings is 1. The van der Waals surface area contributed by atoms with Gasteiger partial charge in [-0.3, -0.25) is 4.90 Å². The van der Waals surface area contributed by atoms with Crippen LogP contribution < -0.4 is 5.32 Å². The molecule has 1 N–H and O–H groups in total. The molecule has 1 unspecified atom stereocenters. The maximum absolute atomic E-state index is 4.70. The highest BCUT2D eigenvalue weighted by atomic mass is 15.2. The van der Waals surface area contributed by atoms with Crippen molar-refractivity contribution in [1.82, 2.24) is 14.8 Å². The van der Waals surface area contributed by atoms with Crippen LogP contribution in [0.25, 0.3) is 0 Å². The average molecular weight is 276 g/mol. The van der Waals surface area contributed by atoms with Gasteiger partial charge in [0.25, 0.3) is 0 Å². The number of nitrogens with one attached hydrogen (secondary N) is 1. The summed E-state index contributed by atoms with van der Waals surface area (Å²) >= 11 is 0. The van der Waals surface area contributed by atoms with Crippen molar-refractivity contribution >= 4 is 5.82 Å². The number of anilines is 1. The summed E-state index contributed by atoms with van der Waals surface area (Å²) in [4.78, 5) is 9.57. The van der Waals surface area contributed by atoms with Gasteiger partial charge < -0.3 is 10.2 Å². The molecule has 1 aliphatic rings. The van der Waals surface area contributed by atoms with Gasteiger partial charge in [0.05, 0.1) is 5.69 Å². The van der Waals surface area contributed by atoms with Crippen molar-refractivity contribution in [2.75, 3.05) is 39.0 Å². The lowest BCUT2D eigenvalue weighted by Crippen LogP contribution is -2.44. The van der Waals surface area contributed by atoms with E-state index in [1.54, 1.807) is 0 Å². The SMILES string of the molecule is CCCNc1cccc(CN(C)C2CCCN(C)C2)n1. The zero-order valence-electron chi connectivity index (χ0n) is 13.1. The lowest BCUT2D eigenvalue weighted by atomic mass is 10.0. The smallest absolute Gasteiger partial charge is 0.126 e. The van der Waals surface area contributed by atoms with E-state index in [9.17, 15) is 0 Å². The minimum absolute atomic E-state index is 0.655. The molecular formula is C16H28N4. The van der Waals surface area contributed by atoms with Crippen LogP contribution in [0.4, 0.5) is 5.82 Å². The molecule has 0 saturated carbocycles. The molecule has 1 aliphatic heterocycles. The lowest BCUT2D eigenvalue weighted by molar-refractivity contribution is 0.128. The van der Waals surface area contributed by atoms with Crippen molar-refractivity contribution in [2.45, 2.75) is 38.8 Å². The highest BCUT2D eigenvalue weighted by Crippen LogP contribution is 2.16. The van der Waals surface area contributed by atoms with Crippen molar-refractivity contribution in [3.05, 3.63) is 23.9 Å². The van der Waals surface area contributed by atoms with Crippen LogP contribution in [0, 0.1) is 0 Å². The number of aromatic nitrogens is 1. The Morgan fingerprint density at radius 2 is 2.30 bits per heavy atom. The number of hydrogen-bond acceptors (Lipinski definition) is 4. The summed E-state index contributed by atoms with van der Waals surface area (Å²) in [6.45, 7) is 6.49. The Balaban J connectivity index is 1.91. The molecule has 0 amide bonds. The summed E-state index contributed by atoms with van der Waals surface area (Å²) in [6, 6.07) is 6.93. The molecule has 0 aliphatic carbocycles. The number of pyridine rings is 1. The van der Waals surface area contributed by atoms with Crippen LogP contribution in [-0.2, 0) is 6.54 Å². The van der Waals surface area contributed by atoms with Gasteiger partial charge in [0.1, 0.15) is 5.82 Å². The third-order valence-corrected chi connectivity index (χ3v) is 4.00. The normalized spacial score (nSPS) is 20.3. The number of likely N-dealkylation sites (tertiary alicyclic amines) is 1. The molecule has 4 heteroatoms. The van der Waals surface area contributed by atoms with Crippen LogP contribution in [0.3, 0.4) is 0 Å². The van der Waals surface area contributed by atoms with E-state index in [1.807, 2.05) is 6.07 Å². The Morgan fingerprint density at radius 1 is 1.45 bits per heavy atom. The second-order valence-corrected chi connectivity index (χ2v) is 5.91. The van der Waals surface area contributed by atoms with E-state index in [0.29, 0.717) is 6.04 Å². The van der Waals surface area contributed by atoms with E-state index >= 15 is 0 Å². The first-order chi connectivity index (χ1) is 9.69. The summed E-state index contributed by atoms with van der Waals surface area (Å²) in [7, 11) is 4.44. The van der Waals surface area contributed by atoms with Crippen molar-refractivity contribution in [2.24, 2.45) is 0 Å². The van der Waals surface area contributed by atoms with Gasteiger partial charge in [-0.2, -0.15) is 0 Å². The Hall–Kier alpha value is -1.13. The van der Waals surface area contributed by atoms with Gasteiger partial charge in [0, 0.05) is 25.7 Å². The minimum Gasteiger partial charge on any atom is -0.370 e. The monoisotopic (exact) mass is 276 g/mol. The van der Waals surface area contributed by atoms with Crippen molar-refractivity contribution in [1.29, 1.82) is 0 Å². The minimum atomic E-state index is 0.655. The second-order valence-electron chi connectivity index (χ2n) is 5.91. The van der Waals surface area contributed by atoms with Gasteiger partial charge >= 0.3 is 0 Å². The third kappa shape index (κ3) is 4.46. The van der Waals surface area contributed by atoms with Crippen LogP contribution in [0.15, 0.2) is 18.2 Å². The Morgan fingerprint density at radius 3 is 3.05 bits per heavy atom. The van der Waals surface area contributed by atoms with Gasteiger partial charge in [-0.1, -0.05) is 13.0 Å². The van der Waals surface area contributed by atoms with E-state index in [4.69, 9.17) is 4.98 Å². The maximum atomic E-state index is 4.70. The molecule has 2 heterocycles. The van der Waals surface area contributed by atoms with E-state index in [1.165, 1.54) is 25.9 Å². The Bertz CT molecular complexity index is 407. The Kier molecular flexibility index (Phi) is 5.80. The predicted molar refractivity (Wildman–Crippen MR) is 85.0 cm³/mol. The number of rotatable bonds is 6. The average Bonchev–Trinajstić information content (AvgIpc) is 2.45. The van der Waals surface area contributed by atoms with Crippen molar-refractivity contribution in [3.8, 4) is 0 Å². The van der Waals surface area contributed by atoms with E-state index in [-0.39, 0.29) is 0 Å². The summed E-state index contributed by atoms with van der Waals surface area (Å²) < 4.78 is 0. The molecule has 0 spiro atoms. The quantitative estimate of drug-likeness (QED) is 0.864. The lowest BCUT2D eigenvalue weighted by Gasteiger charge is -2.35. The van der Waals surface area contributed by atoms with Crippen LogP contribution in [0.1, 0.15) is 31.9 Å². The molecule has 0 bridgehead atoms. The van der Waals surface area contributed by atoms with Crippen molar-refractivity contribution < 1.29 is 0 Å². The largest absolute Gasteiger partial charge is 0.370 e. The summed E-state index contributed by atoms with van der Waals surface area (Å²) in [6.07, 6.45) is 3.73. The molecule has 0 radical (unpaired) electrons. The molecule has 1 atom stereocenters. The zero-order chi connectivity index (χ0) is 14.4. The molecule has 1 saturated heterocycles. The fraction of sp³-hybridized carbons (Fsp3) is 0.688. The molecule has 4 nitrogen and oxygen atoms in total. The zero-order valence-corrected chi connectivity index (χ0v) is 13.1. The topological polar surface area (TPSA) is 31.4 Å². The van der Waals surface area contributed by atoms with Crippen LogP contribution >= 0.6 is 0 Å². The fourth-order valence-corrected chi connectivity index (χ4v) is 2.80. The van der Waals surface area contributed by atoms with Gasteiger partial charge in [-0.25, -0.2) is 4.98 Å². The number of hydrogen-bond donors (Lipinski definition) is 1. The highest BCUT2D eigenvalue weighted by molar-refractivity contribution is 5.35. The van der Waals surface area contributed by atoms with Crippen LogP contribution in [-0.4, -0.2) is 54.6 Å². The standard InChI is InChI=1S/C16H28N4/c1-4-10-17-16-9-5-7-14(18-16)12-20(3)15-8-6-11-19(2)13-15/h5,7,9,15H,4,6,8,10-13H2,1-3H3,(H,17,18). The number of nitrogens with zero attached hydrogens (tertiary/aromatic N) is 3. The predicted octanol–water partition coefficient (Wildman–Crippen LogP) is 2.43. The first-order valence-corrected chi connectivity index (χ1v) is 7.77. The number of likely N-dealkylation sites (N-methyl/N-ethyl adjacent to an activating group) is 2. The van der Waals surface area contributed by atoms with E-state index in [2.05, 4.69) is 48.3 Å². The summed E-state index contributed by atoms with van der Waals surface area (Å²) in [5.41, 5.74) is 1.15. The Labute approximate surface area is 123 Å². The first kappa shape index (κ1) is 15.3. The highest BCUT2D eigenvalue weighted by Gasteiger charge is 2.21. The van der Waals surface area contributed by atoms with Gasteiger partial charge in [-0.05, 0) is 52.0 Å².